The van der Waals surface area contributed by atoms with Crippen molar-refractivity contribution in [2.45, 2.75) is 0 Å². The third kappa shape index (κ3) is 3.60. The average Bonchev–Trinajstić information content (AvgIpc) is 2.39. The van der Waals surface area contributed by atoms with Crippen LogP contribution in [0, 0.1) is 0 Å². The normalized spacial score (nSPS) is 12.3. The molecule has 0 bridgehead atoms. The van der Waals surface area contributed by atoms with Crippen LogP contribution in [0.2, 0.25) is 0 Å². The quantitative estimate of drug-likeness (QED) is 0.615. The first-order chi connectivity index (χ1) is 8.91. The van der Waals surface area contributed by atoms with Crippen LogP contribution in [0.4, 0.5) is 5.69 Å². The third-order valence-corrected chi connectivity index (χ3v) is 13.0. The van der Waals surface area contributed by atoms with Crippen LogP contribution in [0.25, 0.3) is 0 Å². The fourth-order valence-corrected chi connectivity index (χ4v) is 8.19. The van der Waals surface area contributed by atoms with Gasteiger partial charge in [0.2, 0.25) is 0 Å². The van der Waals surface area contributed by atoms with Crippen LogP contribution in [0.3, 0.4) is 0 Å². The summed E-state index contributed by atoms with van der Waals surface area (Å²) in [4.78, 5) is 2.06. The zero-order valence-corrected chi connectivity index (χ0v) is 16.0. The van der Waals surface area contributed by atoms with Gasteiger partial charge in [-0.1, -0.05) is 0 Å². The van der Waals surface area contributed by atoms with Crippen LogP contribution in [0.1, 0.15) is 0 Å². The van der Waals surface area contributed by atoms with Gasteiger partial charge in [0.15, 0.2) is 0 Å². The number of hydrogen-bond acceptors (Lipinski definition) is 1. The monoisotopic (exact) mass is 475 g/mol. The summed E-state index contributed by atoms with van der Waals surface area (Å²) in [6.45, 7) is 0. The molecular formula is C14H14BrCl2NTe. The van der Waals surface area contributed by atoms with Gasteiger partial charge in [0.05, 0.1) is 0 Å². The van der Waals surface area contributed by atoms with Crippen molar-refractivity contribution >= 4 is 62.7 Å². The molecule has 0 atom stereocenters. The maximum atomic E-state index is 6.70. The zero-order chi connectivity index (χ0) is 14.0. The van der Waals surface area contributed by atoms with Crippen LogP contribution in [0.15, 0.2) is 53.0 Å². The molecule has 0 unspecified atom stereocenters. The van der Waals surface area contributed by atoms with Crippen LogP contribution in [0.5, 0.6) is 0 Å². The topological polar surface area (TPSA) is 3.24 Å². The van der Waals surface area contributed by atoms with E-state index in [1.807, 2.05) is 50.5 Å². The molecule has 0 aliphatic heterocycles. The summed E-state index contributed by atoms with van der Waals surface area (Å²) in [6.07, 6.45) is 0. The Kier molecular flexibility index (Phi) is 5.09. The summed E-state index contributed by atoms with van der Waals surface area (Å²) >= 11 is 0.205. The molecule has 5 heteroatoms. The summed E-state index contributed by atoms with van der Waals surface area (Å²) in [5, 5.41) is 0. The van der Waals surface area contributed by atoms with E-state index in [1.54, 1.807) is 0 Å². The van der Waals surface area contributed by atoms with Crippen LogP contribution < -0.4 is 12.1 Å². The summed E-state index contributed by atoms with van der Waals surface area (Å²) in [7, 11) is 17.4. The molecule has 1 nitrogen and oxygen atoms in total. The van der Waals surface area contributed by atoms with Crippen molar-refractivity contribution in [1.29, 1.82) is 0 Å². The molecule has 0 spiro atoms. The molecule has 0 aromatic heterocycles. The molecule has 2 rings (SSSR count). The molecule has 0 N–H and O–H groups in total. The van der Waals surface area contributed by atoms with Gasteiger partial charge in [-0.05, 0) is 0 Å². The average molecular weight is 475 g/mol. The molecule has 0 heterocycles. The predicted octanol–water partition coefficient (Wildman–Crippen LogP) is 3.55. The number of anilines is 1. The van der Waals surface area contributed by atoms with Gasteiger partial charge in [-0.2, -0.15) is 0 Å². The maximum absolute atomic E-state index is 6.70. The molecule has 2 aromatic rings. The molecule has 0 saturated carbocycles. The molecular weight excluding hydrogens is 461 g/mol. The first-order valence-electron chi connectivity index (χ1n) is 5.67. The van der Waals surface area contributed by atoms with Gasteiger partial charge in [-0.25, -0.2) is 0 Å². The van der Waals surface area contributed by atoms with Crippen molar-refractivity contribution in [3.63, 3.8) is 0 Å². The Labute approximate surface area is 133 Å². The molecule has 0 saturated heterocycles. The molecule has 0 amide bonds. The van der Waals surface area contributed by atoms with Crippen molar-refractivity contribution in [2.75, 3.05) is 19.0 Å². The third-order valence-electron chi connectivity index (χ3n) is 2.76. The first-order valence-corrected chi connectivity index (χ1v) is 14.7. The van der Waals surface area contributed by atoms with E-state index < -0.39 is 15.9 Å². The van der Waals surface area contributed by atoms with E-state index in [0.29, 0.717) is 0 Å². The molecule has 0 aliphatic rings. The molecule has 102 valence electrons. The Bertz CT molecular complexity index is 553. The number of rotatable bonds is 3. The second-order valence-electron chi connectivity index (χ2n) is 4.31. The SMILES string of the molecule is CN(C)c1ccc([Te](Cl)(Cl)c2ccc(Br)cc2)cc1. The van der Waals surface area contributed by atoms with Crippen LogP contribution >= 0.6 is 33.9 Å². The Morgan fingerprint density at radius 1 is 0.842 bits per heavy atom. The van der Waals surface area contributed by atoms with E-state index in [-0.39, 0.29) is 0 Å². The second kappa shape index (κ2) is 6.24. The van der Waals surface area contributed by atoms with Gasteiger partial charge in [0.1, 0.15) is 0 Å². The Balaban J connectivity index is 2.35. The molecule has 0 aliphatic carbocycles. The number of benzene rings is 2. The summed E-state index contributed by atoms with van der Waals surface area (Å²) < 4.78 is 3.14. The standard InChI is InChI=1S/C14H14BrCl2NTe/c1-18(2)12-5-9-14(10-6-12)19(16,17)13-7-3-11(15)4-8-13/h3-10H,1-2H3. The summed E-state index contributed by atoms with van der Waals surface area (Å²) in [5.74, 6) is 0. The second-order valence-corrected chi connectivity index (χ2v) is 17.9. The Morgan fingerprint density at radius 2 is 1.26 bits per heavy atom. The Morgan fingerprint density at radius 3 is 1.68 bits per heavy atom. The van der Waals surface area contributed by atoms with Gasteiger partial charge in [-0.15, -0.1) is 0 Å². The van der Waals surface area contributed by atoms with Crippen LogP contribution in [-0.2, 0) is 0 Å². The van der Waals surface area contributed by atoms with Crippen molar-refractivity contribution < 1.29 is 0 Å². The van der Waals surface area contributed by atoms with E-state index in [9.17, 15) is 0 Å². The summed E-state index contributed by atoms with van der Waals surface area (Å²) in [5.41, 5.74) is 1.14. The van der Waals surface area contributed by atoms with Gasteiger partial charge in [0.25, 0.3) is 0 Å². The van der Waals surface area contributed by atoms with Gasteiger partial charge < -0.3 is 0 Å². The number of hydrogen-bond donors (Lipinski definition) is 0. The molecule has 2 aromatic carbocycles. The van der Waals surface area contributed by atoms with E-state index >= 15 is 0 Å². The van der Waals surface area contributed by atoms with E-state index in [4.69, 9.17) is 17.9 Å². The zero-order valence-electron chi connectivity index (χ0n) is 10.6. The Hall–Kier alpha value is 0.0896. The van der Waals surface area contributed by atoms with Crippen molar-refractivity contribution in [1.82, 2.24) is 0 Å². The van der Waals surface area contributed by atoms with Crippen molar-refractivity contribution in [2.24, 2.45) is 0 Å². The number of halogens is 3. The van der Waals surface area contributed by atoms with Crippen molar-refractivity contribution in [3.05, 3.63) is 53.0 Å². The van der Waals surface area contributed by atoms with E-state index in [1.165, 1.54) is 0 Å². The van der Waals surface area contributed by atoms with Gasteiger partial charge in [0, 0.05) is 0 Å². The molecule has 0 fully saturated rings. The molecule has 0 radical (unpaired) electrons. The van der Waals surface area contributed by atoms with Gasteiger partial charge >= 0.3 is 135 Å². The molecule has 19 heavy (non-hydrogen) atoms. The predicted molar refractivity (Wildman–Crippen MR) is 91.6 cm³/mol. The minimum atomic E-state index is -3.22. The first kappa shape index (κ1) is 15.5. The van der Waals surface area contributed by atoms with E-state index in [0.717, 1.165) is 17.4 Å². The number of nitrogens with zero attached hydrogens (tertiary/aromatic N) is 1. The van der Waals surface area contributed by atoms with E-state index in [2.05, 4.69) is 33.0 Å². The van der Waals surface area contributed by atoms with Crippen LogP contribution in [-0.4, -0.2) is 30.0 Å². The fourth-order valence-electron chi connectivity index (χ4n) is 1.66. The van der Waals surface area contributed by atoms with Gasteiger partial charge in [-0.3, -0.25) is 0 Å². The summed E-state index contributed by atoms with van der Waals surface area (Å²) in [6, 6.07) is 16.2. The minimum absolute atomic E-state index is 1.03. The fraction of sp³-hybridized carbons (Fsp3) is 0.143. The van der Waals surface area contributed by atoms with Crippen molar-refractivity contribution in [3.8, 4) is 0 Å².